The Bertz CT molecular complexity index is 789. The molecular weight excluding hydrogens is 370 g/mol. The molecule has 0 aromatic heterocycles. The van der Waals surface area contributed by atoms with E-state index in [0.717, 1.165) is 12.1 Å². The van der Waals surface area contributed by atoms with E-state index in [1.807, 2.05) is 0 Å². The number of carbonyl (C=O) groups excluding carboxylic acids is 2. The number of nitrogens with one attached hydrogen (secondary N) is 1. The smallest absolute Gasteiger partial charge is 0.452 e. The fourth-order valence-electron chi connectivity index (χ4n) is 2.05. The summed E-state index contributed by atoms with van der Waals surface area (Å²) in [5, 5.41) is 2.41. The highest BCUT2D eigenvalue weighted by Gasteiger charge is 2.31. The van der Waals surface area contributed by atoms with Crippen LogP contribution in [0.5, 0.6) is 5.75 Å². The van der Waals surface area contributed by atoms with E-state index >= 15 is 0 Å². The zero-order valence-electron chi connectivity index (χ0n) is 14.0. The van der Waals surface area contributed by atoms with Crippen molar-refractivity contribution in [2.75, 3.05) is 5.32 Å². The lowest BCUT2D eigenvalue weighted by Crippen LogP contribution is -2.30. The van der Waals surface area contributed by atoms with E-state index in [1.54, 1.807) is 0 Å². The fraction of sp³-hybridized carbons (Fsp3) is 0.222. The third-order valence-corrected chi connectivity index (χ3v) is 3.29. The minimum Gasteiger partial charge on any atom is -0.452 e. The molecule has 1 unspecified atom stereocenters. The van der Waals surface area contributed by atoms with Crippen molar-refractivity contribution >= 4 is 17.6 Å². The largest absolute Gasteiger partial charge is 0.573 e. The lowest BCUT2D eigenvalue weighted by Gasteiger charge is -2.14. The summed E-state index contributed by atoms with van der Waals surface area (Å²) in [6, 6.07) is 9.74. The maximum atomic E-state index is 12.8. The van der Waals surface area contributed by atoms with Crippen LogP contribution >= 0.6 is 0 Å². The first kappa shape index (κ1) is 20.2. The molecule has 0 saturated carbocycles. The molecule has 144 valence electrons. The Morgan fingerprint density at radius 1 is 1.04 bits per heavy atom. The molecule has 1 atom stereocenters. The van der Waals surface area contributed by atoms with Crippen LogP contribution in [0.1, 0.15) is 12.5 Å². The van der Waals surface area contributed by atoms with Crippen LogP contribution in [0.15, 0.2) is 48.5 Å². The summed E-state index contributed by atoms with van der Waals surface area (Å²) in [7, 11) is 0. The number of anilines is 1. The maximum absolute atomic E-state index is 12.8. The molecule has 27 heavy (non-hydrogen) atoms. The first-order valence-electron chi connectivity index (χ1n) is 7.73. The van der Waals surface area contributed by atoms with Crippen LogP contribution < -0.4 is 10.1 Å². The van der Waals surface area contributed by atoms with Crippen LogP contribution in [-0.2, 0) is 20.7 Å². The van der Waals surface area contributed by atoms with Gasteiger partial charge in [0.25, 0.3) is 5.91 Å². The van der Waals surface area contributed by atoms with Gasteiger partial charge in [0.2, 0.25) is 0 Å². The topological polar surface area (TPSA) is 64.6 Å². The molecule has 0 bridgehead atoms. The van der Waals surface area contributed by atoms with Crippen molar-refractivity contribution in [3.05, 3.63) is 59.9 Å². The summed E-state index contributed by atoms with van der Waals surface area (Å²) in [6.45, 7) is 1.35. The molecule has 0 spiro atoms. The molecular formula is C18H15F4NO4. The van der Waals surface area contributed by atoms with Crippen molar-refractivity contribution in [1.29, 1.82) is 0 Å². The molecule has 0 saturated heterocycles. The molecule has 5 nitrogen and oxygen atoms in total. The van der Waals surface area contributed by atoms with Gasteiger partial charge in [0.15, 0.2) is 6.10 Å². The fourth-order valence-corrected chi connectivity index (χ4v) is 2.05. The summed E-state index contributed by atoms with van der Waals surface area (Å²) < 4.78 is 57.8. The number of hydrogen-bond acceptors (Lipinski definition) is 4. The van der Waals surface area contributed by atoms with Crippen LogP contribution in [-0.4, -0.2) is 24.3 Å². The lowest BCUT2D eigenvalue weighted by molar-refractivity contribution is -0.274. The van der Waals surface area contributed by atoms with E-state index in [1.165, 1.54) is 43.3 Å². The zero-order valence-corrected chi connectivity index (χ0v) is 14.0. The van der Waals surface area contributed by atoms with Crippen LogP contribution in [0.25, 0.3) is 0 Å². The number of ether oxygens (including phenoxy) is 2. The van der Waals surface area contributed by atoms with Crippen molar-refractivity contribution < 1.29 is 36.6 Å². The number of rotatable bonds is 6. The number of halogens is 4. The molecule has 0 aliphatic heterocycles. The second-order valence-corrected chi connectivity index (χ2v) is 5.50. The SMILES string of the molecule is CC(OC(=O)Cc1ccc(F)cc1)C(=O)Nc1ccc(OC(F)(F)F)cc1. The normalized spacial score (nSPS) is 12.2. The molecule has 0 aliphatic carbocycles. The first-order chi connectivity index (χ1) is 12.6. The van der Waals surface area contributed by atoms with Crippen LogP contribution in [0.3, 0.4) is 0 Å². The lowest BCUT2D eigenvalue weighted by atomic mass is 10.1. The summed E-state index contributed by atoms with van der Waals surface area (Å²) in [6.07, 6.45) is -6.08. The molecule has 0 aliphatic rings. The predicted molar refractivity (Wildman–Crippen MR) is 87.4 cm³/mol. The van der Waals surface area contributed by atoms with Crippen LogP contribution in [0.2, 0.25) is 0 Å². The van der Waals surface area contributed by atoms with Gasteiger partial charge >= 0.3 is 12.3 Å². The van der Waals surface area contributed by atoms with Crippen molar-refractivity contribution in [2.24, 2.45) is 0 Å². The van der Waals surface area contributed by atoms with E-state index in [0.29, 0.717) is 5.56 Å². The van der Waals surface area contributed by atoms with Gasteiger partial charge in [0, 0.05) is 5.69 Å². The van der Waals surface area contributed by atoms with Gasteiger partial charge in [-0.25, -0.2) is 4.39 Å². The molecule has 2 rings (SSSR count). The number of esters is 1. The molecule has 1 N–H and O–H groups in total. The second-order valence-electron chi connectivity index (χ2n) is 5.50. The highest BCUT2D eigenvalue weighted by Crippen LogP contribution is 2.24. The predicted octanol–water partition coefficient (Wildman–Crippen LogP) is 3.84. The highest BCUT2D eigenvalue weighted by molar-refractivity contribution is 5.95. The minimum atomic E-state index is -4.81. The monoisotopic (exact) mass is 385 g/mol. The summed E-state index contributed by atoms with van der Waals surface area (Å²) in [5.74, 6) is -2.21. The van der Waals surface area contributed by atoms with Crippen LogP contribution in [0.4, 0.5) is 23.2 Å². The third kappa shape index (κ3) is 6.96. The second kappa shape index (κ2) is 8.52. The molecule has 2 aromatic carbocycles. The molecule has 0 heterocycles. The first-order valence-corrected chi connectivity index (χ1v) is 7.73. The number of amides is 1. The van der Waals surface area contributed by atoms with E-state index in [-0.39, 0.29) is 12.1 Å². The van der Waals surface area contributed by atoms with E-state index in [2.05, 4.69) is 10.1 Å². The number of hydrogen-bond donors (Lipinski definition) is 1. The molecule has 0 fully saturated rings. The van der Waals surface area contributed by atoms with E-state index < -0.39 is 35.9 Å². The Kier molecular flexibility index (Phi) is 6.38. The number of benzene rings is 2. The van der Waals surface area contributed by atoms with Gasteiger partial charge in [-0.1, -0.05) is 12.1 Å². The zero-order chi connectivity index (χ0) is 20.0. The van der Waals surface area contributed by atoms with Gasteiger partial charge in [-0.15, -0.1) is 13.2 Å². The highest BCUT2D eigenvalue weighted by atomic mass is 19.4. The molecule has 1 amide bonds. The molecule has 9 heteroatoms. The summed E-state index contributed by atoms with van der Waals surface area (Å²) in [4.78, 5) is 23.8. The number of alkyl halides is 3. The van der Waals surface area contributed by atoms with Gasteiger partial charge in [0.1, 0.15) is 11.6 Å². The Labute approximate surface area is 151 Å². The van der Waals surface area contributed by atoms with E-state index in [4.69, 9.17) is 4.74 Å². The average Bonchev–Trinajstić information content (AvgIpc) is 2.57. The van der Waals surface area contributed by atoms with Crippen molar-refractivity contribution in [1.82, 2.24) is 0 Å². The Morgan fingerprint density at radius 2 is 1.63 bits per heavy atom. The van der Waals surface area contributed by atoms with Gasteiger partial charge in [0.05, 0.1) is 6.42 Å². The Hall–Kier alpha value is -3.10. The standard InChI is InChI=1S/C18H15F4NO4/c1-11(26-16(24)10-12-2-4-13(19)5-3-12)17(25)23-14-6-8-15(9-7-14)27-18(20,21)22/h2-9,11H,10H2,1H3,(H,23,25). The number of carbonyl (C=O) groups is 2. The van der Waals surface area contributed by atoms with Gasteiger partial charge in [-0.05, 0) is 48.9 Å². The molecule has 0 radical (unpaired) electrons. The minimum absolute atomic E-state index is 0.138. The average molecular weight is 385 g/mol. The van der Waals surface area contributed by atoms with Gasteiger partial charge in [-0.3, -0.25) is 9.59 Å². The summed E-state index contributed by atoms with van der Waals surface area (Å²) >= 11 is 0. The Morgan fingerprint density at radius 3 is 2.19 bits per heavy atom. The quantitative estimate of drug-likeness (QED) is 0.606. The van der Waals surface area contributed by atoms with Crippen LogP contribution in [0, 0.1) is 5.82 Å². The van der Waals surface area contributed by atoms with Crippen molar-refractivity contribution in [2.45, 2.75) is 25.8 Å². The van der Waals surface area contributed by atoms with Crippen molar-refractivity contribution in [3.63, 3.8) is 0 Å². The third-order valence-electron chi connectivity index (χ3n) is 3.29. The molecule has 2 aromatic rings. The summed E-state index contributed by atoms with van der Waals surface area (Å²) in [5.41, 5.74) is 0.727. The Balaban J connectivity index is 1.85. The van der Waals surface area contributed by atoms with E-state index in [9.17, 15) is 27.2 Å². The van der Waals surface area contributed by atoms with Crippen molar-refractivity contribution in [3.8, 4) is 5.75 Å². The van der Waals surface area contributed by atoms with Gasteiger partial charge < -0.3 is 14.8 Å². The van der Waals surface area contributed by atoms with Gasteiger partial charge in [-0.2, -0.15) is 0 Å². The maximum Gasteiger partial charge on any atom is 0.573 e.